The summed E-state index contributed by atoms with van der Waals surface area (Å²) in [7, 11) is 1.65. The Balaban J connectivity index is 1.74. The summed E-state index contributed by atoms with van der Waals surface area (Å²) in [5.41, 5.74) is 3.01. The molecule has 1 aliphatic rings. The molecule has 2 aromatic rings. The Labute approximate surface area is 154 Å². The number of methoxy groups -OCH3 is 1. The van der Waals surface area contributed by atoms with Crippen molar-refractivity contribution in [3.63, 3.8) is 0 Å². The summed E-state index contributed by atoms with van der Waals surface area (Å²) in [6.45, 7) is 6.28. The average Bonchev–Trinajstić information content (AvgIpc) is 2.54. The molecule has 0 radical (unpaired) electrons. The zero-order chi connectivity index (χ0) is 18.0. The van der Waals surface area contributed by atoms with Crippen molar-refractivity contribution in [2.45, 2.75) is 38.8 Å². The highest BCUT2D eigenvalue weighted by Crippen LogP contribution is 2.39. The Hall–Kier alpha value is -2.27. The lowest BCUT2D eigenvalue weighted by atomic mass is 9.89. The highest BCUT2D eigenvalue weighted by Gasteiger charge is 2.34. The van der Waals surface area contributed by atoms with Gasteiger partial charge in [-0.05, 0) is 68.9 Å². The van der Waals surface area contributed by atoms with E-state index in [1.165, 1.54) is 5.56 Å². The molecule has 0 bridgehead atoms. The summed E-state index contributed by atoms with van der Waals surface area (Å²) in [6, 6.07) is 14.1. The van der Waals surface area contributed by atoms with E-state index in [1.807, 2.05) is 24.3 Å². The first-order valence-electron chi connectivity index (χ1n) is 8.37. The van der Waals surface area contributed by atoms with E-state index in [1.54, 1.807) is 7.11 Å². The Morgan fingerprint density at radius 1 is 1.20 bits per heavy atom. The summed E-state index contributed by atoms with van der Waals surface area (Å²) in [6.07, 6.45) is 0.841. The molecule has 0 saturated heterocycles. The lowest BCUT2D eigenvalue weighted by molar-refractivity contribution is 0.0696. The Morgan fingerprint density at radius 3 is 2.60 bits per heavy atom. The highest BCUT2D eigenvalue weighted by atomic mass is 32.1. The van der Waals surface area contributed by atoms with Gasteiger partial charge < -0.3 is 20.1 Å². The fourth-order valence-corrected chi connectivity index (χ4v) is 3.35. The number of fused-ring (bicyclic) bond motifs is 1. The van der Waals surface area contributed by atoms with Crippen LogP contribution in [0.4, 0.5) is 5.69 Å². The molecule has 5 heteroatoms. The van der Waals surface area contributed by atoms with E-state index in [2.05, 4.69) is 49.6 Å². The lowest BCUT2D eigenvalue weighted by Crippen LogP contribution is -2.42. The van der Waals surface area contributed by atoms with Gasteiger partial charge in [-0.15, -0.1) is 0 Å². The van der Waals surface area contributed by atoms with E-state index in [9.17, 15) is 0 Å². The molecule has 0 spiro atoms. The third kappa shape index (κ3) is 4.23. The molecule has 4 nitrogen and oxygen atoms in total. The molecular formula is C20H24N2O2S. The number of anilines is 1. The molecular weight excluding hydrogens is 332 g/mol. The number of ether oxygens (including phenoxy) is 2. The fourth-order valence-electron chi connectivity index (χ4n) is 3.09. The van der Waals surface area contributed by atoms with Crippen LogP contribution < -0.4 is 20.1 Å². The second-order valence-corrected chi connectivity index (χ2v) is 7.39. The number of benzene rings is 2. The third-order valence-corrected chi connectivity index (χ3v) is 4.50. The SMILES string of the molecule is COc1ccc(NC(=S)N[C@@H]2CC(C)(C)Oc3cc(C)ccc32)cc1. The average molecular weight is 356 g/mol. The van der Waals surface area contributed by atoms with Crippen molar-refractivity contribution in [1.82, 2.24) is 5.32 Å². The molecule has 1 atom stereocenters. The van der Waals surface area contributed by atoms with Crippen molar-refractivity contribution < 1.29 is 9.47 Å². The first-order chi connectivity index (χ1) is 11.9. The van der Waals surface area contributed by atoms with Crippen LogP contribution in [0.1, 0.15) is 37.4 Å². The van der Waals surface area contributed by atoms with Gasteiger partial charge in [-0.25, -0.2) is 0 Å². The standard InChI is InChI=1S/C20H24N2O2S/c1-13-5-10-16-17(12-20(2,3)24-18(16)11-13)22-19(25)21-14-6-8-15(23-4)9-7-14/h5-11,17H,12H2,1-4H3,(H2,21,22,25)/t17-/m1/s1. The Morgan fingerprint density at radius 2 is 1.92 bits per heavy atom. The maximum atomic E-state index is 6.14. The van der Waals surface area contributed by atoms with Gasteiger partial charge in [0.25, 0.3) is 0 Å². The van der Waals surface area contributed by atoms with Gasteiger partial charge in [0, 0.05) is 17.7 Å². The molecule has 0 aromatic heterocycles. The first kappa shape index (κ1) is 17.5. The monoisotopic (exact) mass is 356 g/mol. The molecule has 3 rings (SSSR count). The molecule has 0 saturated carbocycles. The number of hydrogen-bond acceptors (Lipinski definition) is 3. The molecule has 0 aliphatic carbocycles. The molecule has 1 heterocycles. The van der Waals surface area contributed by atoms with Crippen LogP contribution in [-0.2, 0) is 0 Å². The van der Waals surface area contributed by atoms with Gasteiger partial charge in [0.15, 0.2) is 5.11 Å². The van der Waals surface area contributed by atoms with Crippen molar-refractivity contribution in [2.24, 2.45) is 0 Å². The highest BCUT2D eigenvalue weighted by molar-refractivity contribution is 7.80. The van der Waals surface area contributed by atoms with Crippen LogP contribution in [0.5, 0.6) is 11.5 Å². The first-order valence-corrected chi connectivity index (χ1v) is 8.78. The van der Waals surface area contributed by atoms with Crippen LogP contribution >= 0.6 is 12.2 Å². The number of rotatable bonds is 3. The Kier molecular flexibility index (Phi) is 4.86. The number of nitrogens with one attached hydrogen (secondary N) is 2. The molecule has 0 fully saturated rings. The van der Waals surface area contributed by atoms with E-state index >= 15 is 0 Å². The van der Waals surface area contributed by atoms with Crippen molar-refractivity contribution in [2.75, 3.05) is 12.4 Å². The predicted molar refractivity (Wildman–Crippen MR) is 106 cm³/mol. The van der Waals surface area contributed by atoms with E-state index in [-0.39, 0.29) is 11.6 Å². The van der Waals surface area contributed by atoms with Crippen molar-refractivity contribution in [3.05, 3.63) is 53.6 Å². The largest absolute Gasteiger partial charge is 0.497 e. The van der Waals surface area contributed by atoms with Crippen LogP contribution in [0.15, 0.2) is 42.5 Å². The molecule has 1 aliphatic heterocycles. The minimum absolute atomic E-state index is 0.109. The Bertz CT molecular complexity index is 772. The summed E-state index contributed by atoms with van der Waals surface area (Å²) < 4.78 is 11.3. The summed E-state index contributed by atoms with van der Waals surface area (Å²) >= 11 is 5.51. The zero-order valence-electron chi connectivity index (χ0n) is 15.1. The summed E-state index contributed by atoms with van der Waals surface area (Å²) in [5.74, 6) is 1.75. The number of thiocarbonyl (C=S) groups is 1. The van der Waals surface area contributed by atoms with Gasteiger partial charge in [0.05, 0.1) is 13.2 Å². The quantitative estimate of drug-likeness (QED) is 0.787. The molecule has 2 aromatic carbocycles. The fraction of sp³-hybridized carbons (Fsp3) is 0.350. The van der Waals surface area contributed by atoms with E-state index < -0.39 is 0 Å². The van der Waals surface area contributed by atoms with Crippen LogP contribution in [0.3, 0.4) is 0 Å². The second kappa shape index (κ2) is 6.92. The maximum Gasteiger partial charge on any atom is 0.171 e. The van der Waals surface area contributed by atoms with Crippen LogP contribution in [0, 0.1) is 6.92 Å². The van der Waals surface area contributed by atoms with Gasteiger partial charge in [-0.1, -0.05) is 12.1 Å². The van der Waals surface area contributed by atoms with Gasteiger partial charge >= 0.3 is 0 Å². The van der Waals surface area contributed by atoms with Crippen molar-refractivity contribution >= 4 is 23.0 Å². The van der Waals surface area contributed by atoms with Crippen LogP contribution in [0.2, 0.25) is 0 Å². The molecule has 25 heavy (non-hydrogen) atoms. The van der Waals surface area contributed by atoms with E-state index in [4.69, 9.17) is 21.7 Å². The molecule has 2 N–H and O–H groups in total. The zero-order valence-corrected chi connectivity index (χ0v) is 15.9. The van der Waals surface area contributed by atoms with Gasteiger partial charge in [0.1, 0.15) is 17.1 Å². The minimum Gasteiger partial charge on any atom is -0.497 e. The van der Waals surface area contributed by atoms with Crippen molar-refractivity contribution in [1.29, 1.82) is 0 Å². The van der Waals surface area contributed by atoms with E-state index in [0.717, 1.165) is 29.2 Å². The maximum absolute atomic E-state index is 6.14. The van der Waals surface area contributed by atoms with Gasteiger partial charge in [-0.2, -0.15) is 0 Å². The molecule has 132 valence electrons. The van der Waals surface area contributed by atoms with Gasteiger partial charge in [0.2, 0.25) is 0 Å². The van der Waals surface area contributed by atoms with Gasteiger partial charge in [-0.3, -0.25) is 0 Å². The predicted octanol–water partition coefficient (Wildman–Crippen LogP) is 4.59. The summed E-state index contributed by atoms with van der Waals surface area (Å²) in [5, 5.41) is 7.27. The van der Waals surface area contributed by atoms with Crippen molar-refractivity contribution in [3.8, 4) is 11.5 Å². The number of aryl methyl sites for hydroxylation is 1. The summed E-state index contributed by atoms with van der Waals surface area (Å²) in [4.78, 5) is 0. The third-order valence-electron chi connectivity index (χ3n) is 4.28. The second-order valence-electron chi connectivity index (χ2n) is 6.99. The smallest absolute Gasteiger partial charge is 0.171 e. The minimum atomic E-state index is -0.242. The lowest BCUT2D eigenvalue weighted by Gasteiger charge is -2.38. The van der Waals surface area contributed by atoms with E-state index in [0.29, 0.717) is 5.11 Å². The molecule has 0 amide bonds. The normalized spacial score (nSPS) is 17.8. The number of hydrogen-bond donors (Lipinski definition) is 2. The van der Waals surface area contributed by atoms with Crippen LogP contribution in [-0.4, -0.2) is 17.8 Å². The van der Waals surface area contributed by atoms with Crippen LogP contribution in [0.25, 0.3) is 0 Å². The topological polar surface area (TPSA) is 42.5 Å². The molecule has 0 unspecified atom stereocenters.